The first-order valence-corrected chi connectivity index (χ1v) is 6.33. The predicted octanol–water partition coefficient (Wildman–Crippen LogP) is 2.28. The largest absolute Gasteiger partial charge is 0.480 e. The summed E-state index contributed by atoms with van der Waals surface area (Å²) in [6.45, 7) is 4.41. The van der Waals surface area contributed by atoms with Gasteiger partial charge in [-0.2, -0.15) is 0 Å². The van der Waals surface area contributed by atoms with Crippen molar-refractivity contribution in [1.29, 1.82) is 0 Å². The van der Waals surface area contributed by atoms with Gasteiger partial charge in [0, 0.05) is 11.5 Å². The molecule has 0 saturated carbocycles. The molecular formula is C15H15FN2O3. The molecule has 0 aliphatic heterocycles. The van der Waals surface area contributed by atoms with Gasteiger partial charge in [-0.15, -0.1) is 0 Å². The van der Waals surface area contributed by atoms with E-state index in [9.17, 15) is 14.0 Å². The highest BCUT2D eigenvalue weighted by Crippen LogP contribution is 2.18. The van der Waals surface area contributed by atoms with Crippen molar-refractivity contribution in [3.05, 3.63) is 41.3 Å². The minimum Gasteiger partial charge on any atom is -0.480 e. The van der Waals surface area contributed by atoms with Gasteiger partial charge in [-0.05, 0) is 39.0 Å². The fourth-order valence-electron chi connectivity index (χ4n) is 1.87. The molecule has 0 bridgehead atoms. The summed E-state index contributed by atoms with van der Waals surface area (Å²) in [5.74, 6) is -2.07. The van der Waals surface area contributed by atoms with Crippen molar-refractivity contribution in [1.82, 2.24) is 10.3 Å². The molecule has 0 atom stereocenters. The number of carboxylic acid groups (broad SMARTS) is 1. The summed E-state index contributed by atoms with van der Waals surface area (Å²) in [4.78, 5) is 27.4. The molecule has 2 N–H and O–H groups in total. The first-order chi connectivity index (χ1) is 9.70. The molecule has 1 amide bonds. The number of benzene rings is 1. The predicted molar refractivity (Wildman–Crippen MR) is 75.6 cm³/mol. The number of aryl methyl sites for hydroxylation is 1. The molecule has 0 aliphatic carbocycles. The molecule has 0 spiro atoms. The Morgan fingerprint density at radius 2 is 1.95 bits per heavy atom. The maximum atomic E-state index is 13.2. The van der Waals surface area contributed by atoms with Crippen LogP contribution in [0.3, 0.4) is 0 Å². The van der Waals surface area contributed by atoms with E-state index >= 15 is 0 Å². The lowest BCUT2D eigenvalue weighted by molar-refractivity contribution is -0.143. The Morgan fingerprint density at radius 1 is 1.29 bits per heavy atom. The number of fused-ring (bicyclic) bond motifs is 1. The van der Waals surface area contributed by atoms with Crippen molar-refractivity contribution < 1.29 is 19.1 Å². The summed E-state index contributed by atoms with van der Waals surface area (Å²) < 4.78 is 13.2. The molecular weight excluding hydrogens is 275 g/mol. The topological polar surface area (TPSA) is 79.3 Å². The normalized spacial score (nSPS) is 11.4. The molecule has 0 unspecified atom stereocenters. The maximum Gasteiger partial charge on any atom is 0.328 e. The Balaban J connectivity index is 2.42. The second-order valence-electron chi connectivity index (χ2n) is 5.34. The highest BCUT2D eigenvalue weighted by atomic mass is 19.1. The number of pyridine rings is 1. The summed E-state index contributed by atoms with van der Waals surface area (Å²) in [6.07, 6.45) is 0. The number of hydrogen-bond acceptors (Lipinski definition) is 3. The van der Waals surface area contributed by atoms with E-state index in [1.54, 1.807) is 13.0 Å². The molecule has 110 valence electrons. The van der Waals surface area contributed by atoms with Crippen LogP contribution in [0.15, 0.2) is 24.3 Å². The second kappa shape index (κ2) is 5.12. The third-order valence-electron chi connectivity index (χ3n) is 3.18. The van der Waals surface area contributed by atoms with Crippen LogP contribution in [-0.4, -0.2) is 27.5 Å². The minimum atomic E-state index is -1.39. The average molecular weight is 290 g/mol. The standard InChI is InChI=1S/C15H15FN2O3/c1-8-11(13(19)18-15(2,3)14(20)21)6-9-4-5-10(16)7-12(9)17-8/h4-7H,1-3H3,(H,18,19)(H,20,21). The third kappa shape index (κ3) is 2.99. The van der Waals surface area contributed by atoms with Gasteiger partial charge in [-0.3, -0.25) is 9.78 Å². The van der Waals surface area contributed by atoms with Crippen molar-refractivity contribution in [3.8, 4) is 0 Å². The summed E-state index contributed by atoms with van der Waals surface area (Å²) in [5, 5.41) is 12.1. The monoisotopic (exact) mass is 290 g/mol. The summed E-state index contributed by atoms with van der Waals surface area (Å²) in [6, 6.07) is 5.66. The van der Waals surface area contributed by atoms with E-state index in [0.29, 0.717) is 16.6 Å². The van der Waals surface area contributed by atoms with Gasteiger partial charge in [0.15, 0.2) is 0 Å². The van der Waals surface area contributed by atoms with Gasteiger partial charge in [-0.25, -0.2) is 9.18 Å². The Bertz CT molecular complexity index is 741. The molecule has 1 aromatic carbocycles. The van der Waals surface area contributed by atoms with Crippen LogP contribution < -0.4 is 5.32 Å². The average Bonchev–Trinajstić information content (AvgIpc) is 2.36. The van der Waals surface area contributed by atoms with Crippen molar-refractivity contribution >= 4 is 22.8 Å². The lowest BCUT2D eigenvalue weighted by atomic mass is 10.0. The lowest BCUT2D eigenvalue weighted by Gasteiger charge is -2.21. The van der Waals surface area contributed by atoms with E-state index in [1.807, 2.05) is 0 Å². The molecule has 0 saturated heterocycles. The van der Waals surface area contributed by atoms with Crippen LogP contribution in [0.25, 0.3) is 10.9 Å². The fourth-order valence-corrected chi connectivity index (χ4v) is 1.87. The Labute approximate surface area is 120 Å². The van der Waals surface area contributed by atoms with Crippen LogP contribution in [0.1, 0.15) is 29.9 Å². The molecule has 2 aromatic rings. The van der Waals surface area contributed by atoms with Gasteiger partial charge < -0.3 is 10.4 Å². The second-order valence-corrected chi connectivity index (χ2v) is 5.34. The number of carboxylic acids is 1. The van der Waals surface area contributed by atoms with Crippen LogP contribution in [0.2, 0.25) is 0 Å². The van der Waals surface area contributed by atoms with Crippen molar-refractivity contribution in [2.75, 3.05) is 0 Å². The van der Waals surface area contributed by atoms with Crippen molar-refractivity contribution in [3.63, 3.8) is 0 Å². The van der Waals surface area contributed by atoms with Crippen LogP contribution in [0, 0.1) is 12.7 Å². The number of aliphatic carboxylic acids is 1. The lowest BCUT2D eigenvalue weighted by Crippen LogP contribution is -2.49. The van der Waals surface area contributed by atoms with Crippen LogP contribution >= 0.6 is 0 Å². The van der Waals surface area contributed by atoms with Gasteiger partial charge in [0.2, 0.25) is 0 Å². The quantitative estimate of drug-likeness (QED) is 0.909. The smallest absolute Gasteiger partial charge is 0.328 e. The number of amides is 1. The maximum absolute atomic E-state index is 13.2. The minimum absolute atomic E-state index is 0.267. The van der Waals surface area contributed by atoms with Gasteiger partial charge in [0.1, 0.15) is 11.4 Å². The number of hydrogen-bond donors (Lipinski definition) is 2. The number of aromatic nitrogens is 1. The number of carbonyl (C=O) groups excluding carboxylic acids is 1. The molecule has 1 heterocycles. The van der Waals surface area contributed by atoms with Crippen molar-refractivity contribution in [2.45, 2.75) is 26.3 Å². The van der Waals surface area contributed by atoms with Crippen LogP contribution in [0.4, 0.5) is 4.39 Å². The van der Waals surface area contributed by atoms with Gasteiger partial charge in [0.25, 0.3) is 5.91 Å². The number of nitrogens with one attached hydrogen (secondary N) is 1. The summed E-state index contributed by atoms with van der Waals surface area (Å²) in [7, 11) is 0. The van der Waals surface area contributed by atoms with E-state index in [2.05, 4.69) is 10.3 Å². The van der Waals surface area contributed by atoms with Gasteiger partial charge in [0.05, 0.1) is 16.8 Å². The van der Waals surface area contributed by atoms with E-state index < -0.39 is 23.2 Å². The zero-order chi connectivity index (χ0) is 15.8. The number of halogens is 1. The summed E-state index contributed by atoms with van der Waals surface area (Å²) in [5.41, 5.74) is -0.266. The molecule has 6 heteroatoms. The molecule has 0 radical (unpaired) electrons. The van der Waals surface area contributed by atoms with Crippen LogP contribution in [-0.2, 0) is 4.79 Å². The number of carbonyl (C=O) groups is 2. The van der Waals surface area contributed by atoms with E-state index in [-0.39, 0.29) is 5.56 Å². The molecule has 0 fully saturated rings. The fraction of sp³-hybridized carbons (Fsp3) is 0.267. The number of rotatable bonds is 3. The Hall–Kier alpha value is -2.50. The molecule has 0 aliphatic rings. The zero-order valence-corrected chi connectivity index (χ0v) is 11.9. The molecule has 2 rings (SSSR count). The third-order valence-corrected chi connectivity index (χ3v) is 3.18. The molecule has 21 heavy (non-hydrogen) atoms. The Morgan fingerprint density at radius 3 is 2.57 bits per heavy atom. The van der Waals surface area contributed by atoms with E-state index in [4.69, 9.17) is 5.11 Å². The SMILES string of the molecule is Cc1nc2cc(F)ccc2cc1C(=O)NC(C)(C)C(=O)O. The highest BCUT2D eigenvalue weighted by Gasteiger charge is 2.30. The molecule has 1 aromatic heterocycles. The van der Waals surface area contributed by atoms with Crippen LogP contribution in [0.5, 0.6) is 0 Å². The first kappa shape index (κ1) is 14.9. The first-order valence-electron chi connectivity index (χ1n) is 6.33. The highest BCUT2D eigenvalue weighted by molar-refractivity contribution is 6.00. The van der Waals surface area contributed by atoms with E-state index in [0.717, 1.165) is 0 Å². The zero-order valence-electron chi connectivity index (χ0n) is 11.9. The molecule has 5 nitrogen and oxygen atoms in total. The number of nitrogens with zero attached hydrogens (tertiary/aromatic N) is 1. The van der Waals surface area contributed by atoms with Gasteiger partial charge >= 0.3 is 5.97 Å². The van der Waals surface area contributed by atoms with Crippen molar-refractivity contribution in [2.24, 2.45) is 0 Å². The summed E-state index contributed by atoms with van der Waals surface area (Å²) >= 11 is 0. The van der Waals surface area contributed by atoms with Gasteiger partial charge in [-0.1, -0.05) is 0 Å². The van der Waals surface area contributed by atoms with E-state index in [1.165, 1.54) is 32.0 Å². The Kier molecular flexibility index (Phi) is 3.63.